The standard InChI is InChI=1S/C14H30O4.Al.3H/c1-4-7-10-16-13-14(15,17-11-8-5-2)18-12-9-6-3;;;;/h15H,4-13H2,1-3H3;;;;. The molecule has 5 heteroatoms. The van der Waals surface area contributed by atoms with E-state index in [9.17, 15) is 5.11 Å². The lowest BCUT2D eigenvalue weighted by molar-refractivity contribution is -0.376. The summed E-state index contributed by atoms with van der Waals surface area (Å²) in [5.74, 6) is -1.57. The molecule has 0 bridgehead atoms. The van der Waals surface area contributed by atoms with Crippen LogP contribution >= 0.6 is 0 Å². The molecule has 0 amide bonds. The van der Waals surface area contributed by atoms with Crippen molar-refractivity contribution in [2.45, 2.75) is 65.3 Å². The molecule has 0 aromatic rings. The van der Waals surface area contributed by atoms with E-state index in [4.69, 9.17) is 14.2 Å². The Labute approximate surface area is 128 Å². The van der Waals surface area contributed by atoms with Gasteiger partial charge >= 0.3 is 5.97 Å². The van der Waals surface area contributed by atoms with Crippen LogP contribution in [0.3, 0.4) is 0 Å². The second-order valence-electron chi connectivity index (χ2n) is 4.52. The number of hydrogen-bond acceptors (Lipinski definition) is 4. The first-order chi connectivity index (χ1) is 8.68. The van der Waals surface area contributed by atoms with E-state index >= 15 is 0 Å². The van der Waals surface area contributed by atoms with Crippen LogP contribution in [0.15, 0.2) is 0 Å². The molecule has 116 valence electrons. The Kier molecular flexibility index (Phi) is 16.8. The Balaban J connectivity index is 0. The summed E-state index contributed by atoms with van der Waals surface area (Å²) >= 11 is 0. The molecule has 0 aromatic carbocycles. The molecule has 0 fully saturated rings. The topological polar surface area (TPSA) is 47.9 Å². The zero-order valence-corrected chi connectivity index (χ0v) is 12.2. The van der Waals surface area contributed by atoms with E-state index < -0.39 is 5.97 Å². The minimum atomic E-state index is -1.57. The highest BCUT2D eigenvalue weighted by molar-refractivity contribution is 5.75. The van der Waals surface area contributed by atoms with Crippen LogP contribution in [0, 0.1) is 0 Å². The minimum Gasteiger partial charge on any atom is -0.373 e. The van der Waals surface area contributed by atoms with Gasteiger partial charge < -0.3 is 19.3 Å². The molecule has 0 rings (SSSR count). The van der Waals surface area contributed by atoms with Gasteiger partial charge in [0, 0.05) is 6.61 Å². The molecule has 0 aromatic heterocycles. The maximum atomic E-state index is 10.2. The molecule has 0 spiro atoms. The van der Waals surface area contributed by atoms with Crippen molar-refractivity contribution < 1.29 is 19.3 Å². The van der Waals surface area contributed by atoms with Crippen molar-refractivity contribution >= 4 is 17.4 Å². The van der Waals surface area contributed by atoms with Gasteiger partial charge in [-0.25, -0.2) is 0 Å². The summed E-state index contributed by atoms with van der Waals surface area (Å²) in [5.41, 5.74) is 0. The van der Waals surface area contributed by atoms with Gasteiger partial charge in [0.1, 0.15) is 6.61 Å². The van der Waals surface area contributed by atoms with E-state index in [2.05, 4.69) is 20.8 Å². The highest BCUT2D eigenvalue weighted by atomic mass is 27.0. The molecule has 0 atom stereocenters. The van der Waals surface area contributed by atoms with Crippen LogP contribution in [0.25, 0.3) is 0 Å². The molecule has 0 aliphatic heterocycles. The lowest BCUT2D eigenvalue weighted by atomic mass is 10.3. The average Bonchev–Trinajstić information content (AvgIpc) is 2.36. The first-order valence-corrected chi connectivity index (χ1v) is 7.26. The number of hydrogen-bond donors (Lipinski definition) is 1. The summed E-state index contributed by atoms with van der Waals surface area (Å²) < 4.78 is 16.2. The van der Waals surface area contributed by atoms with Crippen LogP contribution in [-0.4, -0.2) is 54.9 Å². The summed E-state index contributed by atoms with van der Waals surface area (Å²) in [5, 5.41) is 10.2. The number of unbranched alkanes of at least 4 members (excludes halogenated alkanes) is 3. The maximum absolute atomic E-state index is 10.2. The lowest BCUT2D eigenvalue weighted by Crippen LogP contribution is -2.41. The van der Waals surface area contributed by atoms with E-state index in [0.29, 0.717) is 19.8 Å². The molecule has 0 aliphatic rings. The molecule has 0 saturated heterocycles. The van der Waals surface area contributed by atoms with Crippen molar-refractivity contribution in [3.05, 3.63) is 0 Å². The summed E-state index contributed by atoms with van der Waals surface area (Å²) in [6.07, 6.45) is 5.94. The number of rotatable bonds is 13. The smallest absolute Gasteiger partial charge is 0.305 e. The van der Waals surface area contributed by atoms with Crippen molar-refractivity contribution in [2.24, 2.45) is 0 Å². The zero-order chi connectivity index (χ0) is 13.7. The monoisotopic (exact) mass is 292 g/mol. The lowest BCUT2D eigenvalue weighted by Gasteiger charge is -2.27. The normalized spacial score (nSPS) is 11.4. The van der Waals surface area contributed by atoms with Crippen molar-refractivity contribution in [3.63, 3.8) is 0 Å². The molecular formula is C14H33AlO4. The quantitative estimate of drug-likeness (QED) is 0.320. The van der Waals surface area contributed by atoms with Crippen LogP contribution in [0.5, 0.6) is 0 Å². The fourth-order valence-corrected chi connectivity index (χ4v) is 1.32. The third kappa shape index (κ3) is 13.1. The Morgan fingerprint density at radius 1 is 0.789 bits per heavy atom. The Bertz CT molecular complexity index is 169. The van der Waals surface area contributed by atoms with Crippen LogP contribution in [-0.2, 0) is 14.2 Å². The largest absolute Gasteiger partial charge is 0.373 e. The molecule has 4 nitrogen and oxygen atoms in total. The predicted octanol–water partition coefficient (Wildman–Crippen LogP) is 1.90. The second kappa shape index (κ2) is 14.8. The SMILES string of the molecule is CCCCOCC(O)(OCCCC)OCCCC.[AlH3]. The Hall–Kier alpha value is 0.372. The van der Waals surface area contributed by atoms with Gasteiger partial charge in [-0.3, -0.25) is 0 Å². The van der Waals surface area contributed by atoms with E-state index in [-0.39, 0.29) is 24.0 Å². The van der Waals surface area contributed by atoms with Gasteiger partial charge in [0.25, 0.3) is 0 Å². The molecule has 0 aliphatic carbocycles. The highest BCUT2D eigenvalue weighted by Gasteiger charge is 2.29. The van der Waals surface area contributed by atoms with Gasteiger partial charge in [0.2, 0.25) is 0 Å². The first-order valence-electron chi connectivity index (χ1n) is 7.26. The van der Waals surface area contributed by atoms with Gasteiger partial charge in [0.05, 0.1) is 13.2 Å². The van der Waals surface area contributed by atoms with E-state index in [1.165, 1.54) is 0 Å². The number of aliphatic hydroxyl groups is 1. The van der Waals surface area contributed by atoms with Crippen molar-refractivity contribution in [3.8, 4) is 0 Å². The van der Waals surface area contributed by atoms with Crippen molar-refractivity contribution in [1.82, 2.24) is 0 Å². The molecule has 0 radical (unpaired) electrons. The van der Waals surface area contributed by atoms with Gasteiger partial charge in [-0.1, -0.05) is 40.0 Å². The van der Waals surface area contributed by atoms with Crippen LogP contribution in [0.4, 0.5) is 0 Å². The fraction of sp³-hybridized carbons (Fsp3) is 1.00. The van der Waals surface area contributed by atoms with Crippen LogP contribution in [0.2, 0.25) is 0 Å². The maximum Gasteiger partial charge on any atom is 0.305 e. The molecular weight excluding hydrogens is 259 g/mol. The summed E-state index contributed by atoms with van der Waals surface area (Å²) in [6, 6.07) is 0. The second-order valence-corrected chi connectivity index (χ2v) is 4.52. The molecule has 0 heterocycles. The minimum absolute atomic E-state index is 0. The predicted molar refractivity (Wildman–Crippen MR) is 82.3 cm³/mol. The van der Waals surface area contributed by atoms with E-state index in [1.54, 1.807) is 0 Å². The summed E-state index contributed by atoms with van der Waals surface area (Å²) in [6.45, 7) is 7.97. The van der Waals surface area contributed by atoms with Gasteiger partial charge in [-0.2, -0.15) is 0 Å². The molecule has 0 unspecified atom stereocenters. The third-order valence-corrected chi connectivity index (χ3v) is 2.58. The van der Waals surface area contributed by atoms with Gasteiger partial charge in [0.15, 0.2) is 17.4 Å². The average molecular weight is 292 g/mol. The third-order valence-electron chi connectivity index (χ3n) is 2.58. The van der Waals surface area contributed by atoms with E-state index in [0.717, 1.165) is 38.5 Å². The first kappa shape index (κ1) is 21.7. The molecule has 0 saturated carbocycles. The van der Waals surface area contributed by atoms with Crippen molar-refractivity contribution in [2.75, 3.05) is 26.4 Å². The molecule has 19 heavy (non-hydrogen) atoms. The summed E-state index contributed by atoms with van der Waals surface area (Å²) in [7, 11) is 0. The number of ether oxygens (including phenoxy) is 3. The Morgan fingerprint density at radius 2 is 1.21 bits per heavy atom. The highest BCUT2D eigenvalue weighted by Crippen LogP contribution is 2.12. The molecule has 1 N–H and O–H groups in total. The fourth-order valence-electron chi connectivity index (χ4n) is 1.32. The van der Waals surface area contributed by atoms with E-state index in [1.807, 2.05) is 0 Å². The summed E-state index contributed by atoms with van der Waals surface area (Å²) in [4.78, 5) is 0. The van der Waals surface area contributed by atoms with Gasteiger partial charge in [-0.05, 0) is 19.3 Å². The Morgan fingerprint density at radius 3 is 1.63 bits per heavy atom. The van der Waals surface area contributed by atoms with Gasteiger partial charge in [-0.15, -0.1) is 0 Å². The zero-order valence-electron chi connectivity index (χ0n) is 12.2. The van der Waals surface area contributed by atoms with Crippen LogP contribution in [0.1, 0.15) is 59.3 Å². The van der Waals surface area contributed by atoms with Crippen molar-refractivity contribution in [1.29, 1.82) is 0 Å². The van der Waals surface area contributed by atoms with Crippen LogP contribution < -0.4 is 0 Å².